The number of nitrogens with zero attached hydrogens (tertiary/aromatic N) is 3. The van der Waals surface area contributed by atoms with Crippen molar-refractivity contribution < 1.29 is 4.42 Å². The molecular formula is C57H33N3O. The smallest absolute Gasteiger partial charge is 0.164 e. The van der Waals surface area contributed by atoms with E-state index in [4.69, 9.17) is 19.4 Å². The van der Waals surface area contributed by atoms with Crippen molar-refractivity contribution in [2.45, 2.75) is 0 Å². The van der Waals surface area contributed by atoms with Crippen molar-refractivity contribution >= 4 is 75.6 Å². The van der Waals surface area contributed by atoms with E-state index in [2.05, 4.69) is 176 Å². The van der Waals surface area contributed by atoms with Crippen LogP contribution in [0.1, 0.15) is 0 Å². The molecule has 4 heteroatoms. The summed E-state index contributed by atoms with van der Waals surface area (Å²) >= 11 is 0. The first kappa shape index (κ1) is 33.7. The van der Waals surface area contributed by atoms with Crippen LogP contribution in [-0.4, -0.2) is 15.0 Å². The molecule has 0 N–H and O–H groups in total. The van der Waals surface area contributed by atoms with Gasteiger partial charge in [0, 0.05) is 27.6 Å². The maximum atomic E-state index is 6.22. The second-order valence-electron chi connectivity index (χ2n) is 15.9. The first-order chi connectivity index (χ1) is 30.2. The number of benzene rings is 10. The molecule has 282 valence electrons. The molecule has 0 spiro atoms. The van der Waals surface area contributed by atoms with Crippen LogP contribution in [0.4, 0.5) is 0 Å². The third-order valence-corrected chi connectivity index (χ3v) is 12.4. The third kappa shape index (κ3) is 5.36. The third-order valence-electron chi connectivity index (χ3n) is 12.4. The topological polar surface area (TPSA) is 51.8 Å². The highest BCUT2D eigenvalue weighted by Gasteiger charge is 2.19. The van der Waals surface area contributed by atoms with Crippen LogP contribution in [0.15, 0.2) is 205 Å². The molecule has 0 fully saturated rings. The Hall–Kier alpha value is -8.21. The van der Waals surface area contributed by atoms with Crippen LogP contribution in [0.3, 0.4) is 0 Å². The quantitative estimate of drug-likeness (QED) is 0.163. The molecule has 2 heterocycles. The minimum absolute atomic E-state index is 0.604. The van der Waals surface area contributed by atoms with Crippen molar-refractivity contribution in [3.63, 3.8) is 0 Å². The lowest BCUT2D eigenvalue weighted by molar-refractivity contribution is 0.631. The average Bonchev–Trinajstić information content (AvgIpc) is 3.77. The Morgan fingerprint density at radius 1 is 0.262 bits per heavy atom. The zero-order chi connectivity index (χ0) is 40.0. The van der Waals surface area contributed by atoms with Gasteiger partial charge in [0.25, 0.3) is 0 Å². The number of furan rings is 1. The van der Waals surface area contributed by atoms with Crippen molar-refractivity contribution in [1.29, 1.82) is 0 Å². The van der Waals surface area contributed by atoms with E-state index < -0.39 is 0 Å². The summed E-state index contributed by atoms with van der Waals surface area (Å²) in [5, 5.41) is 15.8. The van der Waals surface area contributed by atoms with Gasteiger partial charge in [0.2, 0.25) is 0 Å². The molecule has 0 aliphatic carbocycles. The number of hydrogen-bond acceptors (Lipinski definition) is 4. The number of para-hydroxylation sites is 1. The van der Waals surface area contributed by atoms with Gasteiger partial charge in [-0.25, -0.2) is 15.0 Å². The Morgan fingerprint density at radius 3 is 1.30 bits per heavy atom. The fourth-order valence-corrected chi connectivity index (χ4v) is 9.53. The lowest BCUT2D eigenvalue weighted by Gasteiger charge is -2.17. The fourth-order valence-electron chi connectivity index (χ4n) is 9.53. The molecule has 0 bridgehead atoms. The van der Waals surface area contributed by atoms with Gasteiger partial charge in [-0.05, 0) is 100 Å². The molecule has 0 unspecified atom stereocenters. The summed E-state index contributed by atoms with van der Waals surface area (Å²) < 4.78 is 6.22. The lowest BCUT2D eigenvalue weighted by Crippen LogP contribution is -2.00. The number of hydrogen-bond donors (Lipinski definition) is 0. The van der Waals surface area contributed by atoms with Gasteiger partial charge in [0.15, 0.2) is 17.5 Å². The van der Waals surface area contributed by atoms with Crippen molar-refractivity contribution in [2.24, 2.45) is 0 Å². The summed E-state index contributed by atoms with van der Waals surface area (Å²) in [5.41, 5.74) is 6.90. The number of rotatable bonds is 5. The van der Waals surface area contributed by atoms with Gasteiger partial charge >= 0.3 is 0 Å². The maximum absolute atomic E-state index is 6.22. The Balaban J connectivity index is 1.06. The standard InChI is InChI=1S/C57H33N3O/c1-2-9-34(10-3-1)35-19-26-40(27-20-35)55-58-56(41-28-21-36(22-29-41)50-33-42-11-4-5-18-49(42)61-50)60-57(59-55)44-31-43-30-25-39-13-7-16-46-45-15-6-12-37-23-24-38-14-8-17-47(53(38)51(37)45)48(32-44)54(43)52(39)46/h1-33H. The van der Waals surface area contributed by atoms with Gasteiger partial charge in [-0.2, -0.15) is 0 Å². The van der Waals surface area contributed by atoms with Crippen LogP contribution in [0, 0.1) is 0 Å². The van der Waals surface area contributed by atoms with Crippen LogP contribution in [0.25, 0.3) is 132 Å². The van der Waals surface area contributed by atoms with E-state index in [0.717, 1.165) is 55.5 Å². The second-order valence-corrected chi connectivity index (χ2v) is 15.9. The predicted octanol–water partition coefficient (Wildman–Crippen LogP) is 15.3. The normalized spacial score (nSPS) is 11.9. The molecule has 0 aliphatic rings. The van der Waals surface area contributed by atoms with Gasteiger partial charge in [0.1, 0.15) is 11.3 Å². The number of aromatic nitrogens is 3. The highest BCUT2D eigenvalue weighted by atomic mass is 16.3. The first-order valence-electron chi connectivity index (χ1n) is 20.7. The highest BCUT2D eigenvalue weighted by Crippen LogP contribution is 2.44. The molecule has 0 radical (unpaired) electrons. The minimum Gasteiger partial charge on any atom is -0.456 e. The summed E-state index contributed by atoms with van der Waals surface area (Å²) in [7, 11) is 0. The molecule has 0 atom stereocenters. The van der Waals surface area contributed by atoms with Crippen LogP contribution in [-0.2, 0) is 0 Å². The molecule has 13 rings (SSSR count). The Labute approximate surface area is 350 Å². The van der Waals surface area contributed by atoms with E-state index >= 15 is 0 Å². The monoisotopic (exact) mass is 775 g/mol. The fraction of sp³-hybridized carbons (Fsp3) is 0. The Bertz CT molecular complexity index is 3810. The van der Waals surface area contributed by atoms with E-state index in [0.29, 0.717) is 17.5 Å². The van der Waals surface area contributed by atoms with Crippen LogP contribution in [0.5, 0.6) is 0 Å². The van der Waals surface area contributed by atoms with E-state index in [-0.39, 0.29) is 0 Å². The Kier molecular flexibility index (Phi) is 7.27. The molecule has 0 amide bonds. The average molecular weight is 776 g/mol. The van der Waals surface area contributed by atoms with E-state index in [9.17, 15) is 0 Å². The summed E-state index contributed by atoms with van der Waals surface area (Å²) in [6.45, 7) is 0. The van der Waals surface area contributed by atoms with E-state index in [1.165, 1.54) is 59.2 Å². The SMILES string of the molecule is c1ccc(-c2ccc(-c3nc(-c4ccc(-c5cc6ccccc6o5)cc4)nc(-c4cc5ccc6cccc7c8cccc9ccc%10cccc(c(c4)c5c67)c%10c98)n3)cc2)cc1. The van der Waals surface area contributed by atoms with Crippen molar-refractivity contribution in [3.05, 3.63) is 200 Å². The summed E-state index contributed by atoms with van der Waals surface area (Å²) in [4.78, 5) is 15.7. The van der Waals surface area contributed by atoms with E-state index in [1.807, 2.05) is 24.3 Å². The molecule has 0 aliphatic heterocycles. The van der Waals surface area contributed by atoms with Crippen molar-refractivity contribution in [2.75, 3.05) is 0 Å². The second kappa shape index (κ2) is 13.2. The maximum Gasteiger partial charge on any atom is 0.164 e. The highest BCUT2D eigenvalue weighted by molar-refractivity contribution is 6.37. The summed E-state index contributed by atoms with van der Waals surface area (Å²) in [6, 6.07) is 71.2. The lowest BCUT2D eigenvalue weighted by atomic mass is 9.87. The zero-order valence-electron chi connectivity index (χ0n) is 32.8. The Morgan fingerprint density at radius 2 is 0.705 bits per heavy atom. The van der Waals surface area contributed by atoms with E-state index in [1.54, 1.807) is 0 Å². The van der Waals surface area contributed by atoms with Gasteiger partial charge in [-0.3, -0.25) is 0 Å². The summed E-state index contributed by atoms with van der Waals surface area (Å²) in [6.07, 6.45) is 0. The zero-order valence-corrected chi connectivity index (χ0v) is 32.8. The van der Waals surface area contributed by atoms with Crippen LogP contribution < -0.4 is 0 Å². The molecule has 2 aromatic heterocycles. The van der Waals surface area contributed by atoms with Crippen LogP contribution >= 0.6 is 0 Å². The molecule has 13 aromatic rings. The molecule has 0 saturated heterocycles. The predicted molar refractivity (Wildman–Crippen MR) is 253 cm³/mol. The molecule has 61 heavy (non-hydrogen) atoms. The summed E-state index contributed by atoms with van der Waals surface area (Å²) in [5.74, 6) is 2.66. The molecule has 4 nitrogen and oxygen atoms in total. The molecule has 0 saturated carbocycles. The molecular weight excluding hydrogens is 743 g/mol. The first-order valence-corrected chi connectivity index (χ1v) is 20.7. The van der Waals surface area contributed by atoms with Crippen LogP contribution in [0.2, 0.25) is 0 Å². The van der Waals surface area contributed by atoms with Gasteiger partial charge < -0.3 is 4.42 Å². The van der Waals surface area contributed by atoms with Crippen molar-refractivity contribution in [1.82, 2.24) is 15.0 Å². The number of fused-ring (bicyclic) bond motifs is 3. The van der Waals surface area contributed by atoms with Crippen molar-refractivity contribution in [3.8, 4) is 56.6 Å². The largest absolute Gasteiger partial charge is 0.456 e. The van der Waals surface area contributed by atoms with Gasteiger partial charge in [-0.15, -0.1) is 0 Å². The minimum atomic E-state index is 0.604. The molecule has 11 aromatic carbocycles. The van der Waals surface area contributed by atoms with Gasteiger partial charge in [-0.1, -0.05) is 176 Å². The van der Waals surface area contributed by atoms with Gasteiger partial charge in [0.05, 0.1) is 0 Å².